The smallest absolute Gasteiger partial charge is 0.108 e. The molecule has 1 aliphatic heterocycles. The predicted octanol–water partition coefficient (Wildman–Crippen LogP) is 4.69. The van der Waals surface area contributed by atoms with Crippen molar-refractivity contribution in [1.82, 2.24) is 9.88 Å². The lowest BCUT2D eigenvalue weighted by Gasteiger charge is -2.22. The zero-order valence-electron chi connectivity index (χ0n) is 11.2. The topological polar surface area (TPSA) is 16.1 Å². The molecule has 0 radical (unpaired) electrons. The quantitative estimate of drug-likeness (QED) is 0.697. The van der Waals surface area contributed by atoms with Gasteiger partial charge in [-0.25, -0.2) is 4.98 Å². The molecule has 0 N–H and O–H groups in total. The first-order valence-electron chi connectivity index (χ1n) is 7.02. The van der Waals surface area contributed by atoms with Crippen molar-refractivity contribution in [2.45, 2.75) is 25.4 Å². The summed E-state index contributed by atoms with van der Waals surface area (Å²) in [4.78, 5) is 8.86. The van der Waals surface area contributed by atoms with E-state index in [9.17, 15) is 0 Å². The highest BCUT2D eigenvalue weighted by Crippen LogP contribution is 2.36. The summed E-state index contributed by atoms with van der Waals surface area (Å²) >= 11 is 3.71. The molecule has 3 aromatic rings. The van der Waals surface area contributed by atoms with Crippen LogP contribution in [0.1, 0.15) is 28.8 Å². The van der Waals surface area contributed by atoms with Crippen LogP contribution in [0.4, 0.5) is 0 Å². The molecular weight excluding hydrogens is 284 g/mol. The van der Waals surface area contributed by atoms with Crippen molar-refractivity contribution >= 4 is 32.9 Å². The molecule has 0 amide bonds. The molecule has 4 rings (SSSR count). The van der Waals surface area contributed by atoms with Crippen LogP contribution < -0.4 is 0 Å². The molecule has 0 bridgehead atoms. The van der Waals surface area contributed by atoms with Crippen molar-refractivity contribution in [3.8, 4) is 0 Å². The number of aromatic nitrogens is 1. The first kappa shape index (κ1) is 12.5. The molecule has 2 aromatic heterocycles. The van der Waals surface area contributed by atoms with Gasteiger partial charge >= 0.3 is 0 Å². The fraction of sp³-hybridized carbons (Fsp3) is 0.312. The molecule has 1 aromatic carbocycles. The lowest BCUT2D eigenvalue weighted by molar-refractivity contribution is 0.251. The molecule has 1 aliphatic rings. The molecule has 2 nitrogen and oxygen atoms in total. The zero-order chi connectivity index (χ0) is 13.4. The lowest BCUT2D eigenvalue weighted by Crippen LogP contribution is -2.21. The van der Waals surface area contributed by atoms with E-state index in [-0.39, 0.29) is 0 Å². The van der Waals surface area contributed by atoms with E-state index in [0.29, 0.717) is 6.04 Å². The fourth-order valence-electron chi connectivity index (χ4n) is 2.98. The van der Waals surface area contributed by atoms with E-state index in [1.54, 1.807) is 0 Å². The Kier molecular flexibility index (Phi) is 3.30. The number of thiophene rings is 1. The summed E-state index contributed by atoms with van der Waals surface area (Å²) in [5.74, 6) is 0. The van der Waals surface area contributed by atoms with E-state index >= 15 is 0 Å². The summed E-state index contributed by atoms with van der Waals surface area (Å²) < 4.78 is 1.30. The van der Waals surface area contributed by atoms with Gasteiger partial charge in [0.15, 0.2) is 0 Å². The summed E-state index contributed by atoms with van der Waals surface area (Å²) in [7, 11) is 0. The minimum Gasteiger partial charge on any atom is -0.289 e. The minimum atomic E-state index is 0.599. The van der Waals surface area contributed by atoms with Crippen molar-refractivity contribution in [2.24, 2.45) is 0 Å². The first-order chi connectivity index (χ1) is 9.90. The predicted molar refractivity (Wildman–Crippen MR) is 86.3 cm³/mol. The second-order valence-electron chi connectivity index (χ2n) is 5.22. The van der Waals surface area contributed by atoms with Gasteiger partial charge in [0.25, 0.3) is 0 Å². The number of benzene rings is 1. The van der Waals surface area contributed by atoms with Gasteiger partial charge in [-0.3, -0.25) is 4.90 Å². The van der Waals surface area contributed by atoms with Crippen molar-refractivity contribution in [3.05, 3.63) is 51.7 Å². The largest absolute Gasteiger partial charge is 0.289 e. The average Bonchev–Trinajstić information content (AvgIpc) is 3.18. The number of thiazole rings is 1. The lowest BCUT2D eigenvalue weighted by atomic mass is 10.2. The van der Waals surface area contributed by atoms with Crippen LogP contribution in [0.3, 0.4) is 0 Å². The zero-order valence-corrected chi connectivity index (χ0v) is 12.8. The maximum atomic E-state index is 4.77. The minimum absolute atomic E-state index is 0.599. The standard InChI is InChI=1S/C16H16N2S2/c1-2-7-14-12(5-1)17-16(20-14)11-18-9-3-6-13(18)15-8-4-10-19-15/h1-2,4-5,7-8,10,13H,3,6,9,11H2/t13-/m0/s1. The third-order valence-corrected chi connectivity index (χ3v) is 5.91. The molecule has 0 unspecified atom stereocenters. The Morgan fingerprint density at radius 1 is 1.20 bits per heavy atom. The SMILES string of the molecule is c1csc([C@@H]2CCCN2Cc2nc3ccccc3s2)c1. The molecule has 20 heavy (non-hydrogen) atoms. The Hall–Kier alpha value is -1.23. The Bertz CT molecular complexity index is 669. The third-order valence-electron chi connectivity index (χ3n) is 3.91. The number of likely N-dealkylation sites (tertiary alicyclic amines) is 1. The van der Waals surface area contributed by atoms with Crippen LogP contribution in [-0.4, -0.2) is 16.4 Å². The van der Waals surface area contributed by atoms with Crippen LogP contribution in [0.2, 0.25) is 0 Å². The van der Waals surface area contributed by atoms with Gasteiger partial charge in [-0.2, -0.15) is 0 Å². The average molecular weight is 300 g/mol. The van der Waals surface area contributed by atoms with E-state index in [4.69, 9.17) is 4.98 Å². The van der Waals surface area contributed by atoms with E-state index in [1.807, 2.05) is 22.7 Å². The van der Waals surface area contributed by atoms with Crippen LogP contribution in [-0.2, 0) is 6.54 Å². The fourth-order valence-corrected chi connectivity index (χ4v) is 4.87. The van der Waals surface area contributed by atoms with Gasteiger partial charge in [0.2, 0.25) is 0 Å². The van der Waals surface area contributed by atoms with Gasteiger partial charge in [0.05, 0.1) is 16.8 Å². The van der Waals surface area contributed by atoms with E-state index in [0.717, 1.165) is 12.1 Å². The molecule has 0 spiro atoms. The van der Waals surface area contributed by atoms with Crippen LogP contribution in [0.15, 0.2) is 41.8 Å². The third kappa shape index (κ3) is 2.28. The van der Waals surface area contributed by atoms with Crippen LogP contribution in [0.25, 0.3) is 10.2 Å². The highest BCUT2D eigenvalue weighted by Gasteiger charge is 2.27. The highest BCUT2D eigenvalue weighted by molar-refractivity contribution is 7.18. The highest BCUT2D eigenvalue weighted by atomic mass is 32.1. The maximum absolute atomic E-state index is 4.77. The second-order valence-corrected chi connectivity index (χ2v) is 7.31. The molecule has 0 saturated carbocycles. The summed E-state index contributed by atoms with van der Waals surface area (Å²) in [5.41, 5.74) is 1.14. The molecular formula is C16H16N2S2. The van der Waals surface area contributed by atoms with Gasteiger partial charge in [-0.05, 0) is 43.0 Å². The van der Waals surface area contributed by atoms with E-state index in [2.05, 4.69) is 46.7 Å². The summed E-state index contributed by atoms with van der Waals surface area (Å²) in [6.07, 6.45) is 2.58. The number of hydrogen-bond donors (Lipinski definition) is 0. The molecule has 102 valence electrons. The molecule has 1 fully saturated rings. The van der Waals surface area contributed by atoms with Crippen LogP contribution in [0, 0.1) is 0 Å². The van der Waals surface area contributed by atoms with Crippen LogP contribution in [0.5, 0.6) is 0 Å². The summed E-state index contributed by atoms with van der Waals surface area (Å²) in [6, 6.07) is 13.5. The number of para-hydroxylation sites is 1. The van der Waals surface area contributed by atoms with Gasteiger partial charge < -0.3 is 0 Å². The first-order valence-corrected chi connectivity index (χ1v) is 8.72. The number of fused-ring (bicyclic) bond motifs is 1. The van der Waals surface area contributed by atoms with Gasteiger partial charge in [-0.15, -0.1) is 22.7 Å². The van der Waals surface area contributed by atoms with Gasteiger partial charge in [-0.1, -0.05) is 18.2 Å². The van der Waals surface area contributed by atoms with Crippen LogP contribution >= 0.6 is 22.7 Å². The maximum Gasteiger partial charge on any atom is 0.108 e. The Morgan fingerprint density at radius 2 is 2.15 bits per heavy atom. The summed E-state index contributed by atoms with van der Waals surface area (Å²) in [5, 5.41) is 3.43. The Morgan fingerprint density at radius 3 is 3.00 bits per heavy atom. The van der Waals surface area contributed by atoms with Crippen molar-refractivity contribution < 1.29 is 0 Å². The van der Waals surface area contributed by atoms with Crippen molar-refractivity contribution in [2.75, 3.05) is 6.54 Å². The van der Waals surface area contributed by atoms with Crippen molar-refractivity contribution in [3.63, 3.8) is 0 Å². The van der Waals surface area contributed by atoms with Gasteiger partial charge in [0, 0.05) is 10.9 Å². The monoisotopic (exact) mass is 300 g/mol. The molecule has 0 aliphatic carbocycles. The van der Waals surface area contributed by atoms with E-state index < -0.39 is 0 Å². The number of hydrogen-bond acceptors (Lipinski definition) is 4. The summed E-state index contributed by atoms with van der Waals surface area (Å²) in [6.45, 7) is 2.18. The Labute approximate surface area is 126 Å². The second kappa shape index (κ2) is 5.28. The normalized spacial score (nSPS) is 19.9. The molecule has 4 heteroatoms. The number of nitrogens with zero attached hydrogens (tertiary/aromatic N) is 2. The Balaban J connectivity index is 1.58. The van der Waals surface area contributed by atoms with E-state index in [1.165, 1.54) is 34.0 Å². The molecule has 1 saturated heterocycles. The molecule has 1 atom stereocenters. The van der Waals surface area contributed by atoms with Gasteiger partial charge in [0.1, 0.15) is 5.01 Å². The van der Waals surface area contributed by atoms with Crippen molar-refractivity contribution in [1.29, 1.82) is 0 Å². The number of rotatable bonds is 3. The molecule has 3 heterocycles.